The first kappa shape index (κ1) is 15.3. The van der Waals surface area contributed by atoms with E-state index >= 15 is 0 Å². The summed E-state index contributed by atoms with van der Waals surface area (Å²) in [7, 11) is 0. The van der Waals surface area contributed by atoms with Crippen LogP contribution in [0.4, 0.5) is 0 Å². The van der Waals surface area contributed by atoms with Crippen LogP contribution >= 0.6 is 0 Å². The lowest BCUT2D eigenvalue weighted by Gasteiger charge is -2.08. The van der Waals surface area contributed by atoms with Crippen LogP contribution in [0.5, 0.6) is 5.75 Å². The minimum absolute atomic E-state index is 0.284. The smallest absolute Gasteiger partial charge is 0.165 e. The van der Waals surface area contributed by atoms with Crippen molar-refractivity contribution >= 4 is 0 Å². The van der Waals surface area contributed by atoms with Crippen LogP contribution in [-0.2, 0) is 6.42 Å². The molecule has 3 heteroatoms. The SMILES string of the molecule is Cc1cccc(-n2nc(CC(C)C)c(O)c2-c2ccccc2)c1. The van der Waals surface area contributed by atoms with Gasteiger partial charge < -0.3 is 5.11 Å². The maximum Gasteiger partial charge on any atom is 0.165 e. The molecule has 23 heavy (non-hydrogen) atoms. The van der Waals surface area contributed by atoms with Crippen molar-refractivity contribution < 1.29 is 5.11 Å². The highest BCUT2D eigenvalue weighted by Gasteiger charge is 2.20. The zero-order valence-corrected chi connectivity index (χ0v) is 13.8. The van der Waals surface area contributed by atoms with E-state index in [0.717, 1.165) is 29.1 Å². The van der Waals surface area contributed by atoms with E-state index in [-0.39, 0.29) is 5.75 Å². The normalized spacial score (nSPS) is 11.1. The fourth-order valence-corrected chi connectivity index (χ4v) is 2.78. The molecule has 1 N–H and O–H groups in total. The molecule has 0 fully saturated rings. The van der Waals surface area contributed by atoms with Gasteiger partial charge in [0.2, 0.25) is 0 Å². The Balaban J connectivity index is 2.21. The van der Waals surface area contributed by atoms with Gasteiger partial charge in [0.25, 0.3) is 0 Å². The van der Waals surface area contributed by atoms with Gasteiger partial charge in [0.1, 0.15) is 11.4 Å². The minimum atomic E-state index is 0.284. The van der Waals surface area contributed by atoms with Crippen molar-refractivity contribution in [3.63, 3.8) is 0 Å². The Bertz CT molecular complexity index is 804. The molecule has 3 aromatic rings. The van der Waals surface area contributed by atoms with Crippen molar-refractivity contribution in [1.29, 1.82) is 0 Å². The summed E-state index contributed by atoms with van der Waals surface area (Å²) in [6.45, 7) is 6.32. The average Bonchev–Trinajstić information content (AvgIpc) is 2.84. The third kappa shape index (κ3) is 3.14. The largest absolute Gasteiger partial charge is 0.504 e. The standard InChI is InChI=1S/C20H22N2O/c1-14(2)12-18-20(23)19(16-9-5-4-6-10-16)22(21-18)17-11-7-8-15(3)13-17/h4-11,13-14,23H,12H2,1-3H3. The van der Waals surface area contributed by atoms with E-state index in [1.807, 2.05) is 47.1 Å². The van der Waals surface area contributed by atoms with Crippen molar-refractivity contribution in [3.8, 4) is 22.7 Å². The number of nitrogens with zero attached hydrogens (tertiary/aromatic N) is 2. The van der Waals surface area contributed by atoms with Gasteiger partial charge in [-0.3, -0.25) is 0 Å². The van der Waals surface area contributed by atoms with Gasteiger partial charge in [-0.05, 0) is 37.0 Å². The van der Waals surface area contributed by atoms with Crippen LogP contribution in [-0.4, -0.2) is 14.9 Å². The zero-order chi connectivity index (χ0) is 16.4. The monoisotopic (exact) mass is 306 g/mol. The number of rotatable bonds is 4. The topological polar surface area (TPSA) is 38.0 Å². The van der Waals surface area contributed by atoms with Crippen molar-refractivity contribution in [2.75, 3.05) is 0 Å². The summed E-state index contributed by atoms with van der Waals surface area (Å²) in [5.74, 6) is 0.719. The van der Waals surface area contributed by atoms with Crippen molar-refractivity contribution in [3.05, 3.63) is 65.9 Å². The highest BCUT2D eigenvalue weighted by Crippen LogP contribution is 2.35. The molecule has 118 valence electrons. The van der Waals surface area contributed by atoms with Crippen LogP contribution in [0.15, 0.2) is 54.6 Å². The second-order valence-corrected chi connectivity index (χ2v) is 6.36. The second-order valence-electron chi connectivity index (χ2n) is 6.36. The van der Waals surface area contributed by atoms with Gasteiger partial charge in [-0.25, -0.2) is 4.68 Å². The quantitative estimate of drug-likeness (QED) is 0.755. The predicted octanol–water partition coefficient (Wildman–Crippen LogP) is 4.75. The lowest BCUT2D eigenvalue weighted by molar-refractivity contribution is 0.464. The third-order valence-electron chi connectivity index (χ3n) is 3.83. The van der Waals surface area contributed by atoms with Crippen molar-refractivity contribution in [1.82, 2.24) is 9.78 Å². The van der Waals surface area contributed by atoms with Gasteiger partial charge in [-0.15, -0.1) is 0 Å². The van der Waals surface area contributed by atoms with E-state index in [9.17, 15) is 5.11 Å². The molecule has 3 rings (SSSR count). The molecule has 0 amide bonds. The number of aromatic hydroxyl groups is 1. The maximum absolute atomic E-state index is 10.8. The summed E-state index contributed by atoms with van der Waals surface area (Å²) in [5.41, 5.74) is 4.61. The molecule has 0 unspecified atom stereocenters. The number of benzene rings is 2. The third-order valence-corrected chi connectivity index (χ3v) is 3.83. The zero-order valence-electron chi connectivity index (χ0n) is 13.8. The molecule has 0 radical (unpaired) electrons. The summed E-state index contributed by atoms with van der Waals surface area (Å²) < 4.78 is 1.86. The highest BCUT2D eigenvalue weighted by molar-refractivity contribution is 5.70. The van der Waals surface area contributed by atoms with Crippen LogP contribution in [0, 0.1) is 12.8 Å². The van der Waals surface area contributed by atoms with Crippen LogP contribution < -0.4 is 0 Å². The Kier molecular flexibility index (Phi) is 4.20. The average molecular weight is 306 g/mol. The van der Waals surface area contributed by atoms with Crippen LogP contribution in [0.2, 0.25) is 0 Å². The van der Waals surface area contributed by atoms with Gasteiger partial charge in [0.15, 0.2) is 5.75 Å². The van der Waals surface area contributed by atoms with Crippen LogP contribution in [0.25, 0.3) is 16.9 Å². The molecule has 1 heterocycles. The molecule has 0 saturated heterocycles. The van der Waals surface area contributed by atoms with Crippen molar-refractivity contribution in [2.45, 2.75) is 27.2 Å². The molecule has 0 atom stereocenters. The molecule has 0 saturated carbocycles. The Labute approximate surface area is 137 Å². The number of aromatic nitrogens is 2. The Hall–Kier alpha value is -2.55. The molecule has 0 spiro atoms. The van der Waals surface area contributed by atoms with Crippen LogP contribution in [0.3, 0.4) is 0 Å². The molecular weight excluding hydrogens is 284 g/mol. The van der Waals surface area contributed by atoms with Crippen LogP contribution in [0.1, 0.15) is 25.1 Å². The molecule has 0 aliphatic heterocycles. The van der Waals surface area contributed by atoms with Crippen molar-refractivity contribution in [2.24, 2.45) is 5.92 Å². The first-order valence-electron chi connectivity index (χ1n) is 7.99. The molecule has 0 aliphatic carbocycles. The van der Waals surface area contributed by atoms with E-state index in [2.05, 4.69) is 32.9 Å². The van der Waals surface area contributed by atoms with E-state index < -0.39 is 0 Å². The lowest BCUT2D eigenvalue weighted by Crippen LogP contribution is -2.01. The first-order valence-corrected chi connectivity index (χ1v) is 7.99. The fraction of sp³-hybridized carbons (Fsp3) is 0.250. The summed E-state index contributed by atoms with van der Waals surface area (Å²) >= 11 is 0. The van der Waals surface area contributed by atoms with Gasteiger partial charge in [-0.2, -0.15) is 5.10 Å². The second kappa shape index (κ2) is 6.29. The Morgan fingerprint density at radius 1 is 1.04 bits per heavy atom. The van der Waals surface area contributed by atoms with E-state index in [0.29, 0.717) is 5.92 Å². The molecular formula is C20H22N2O. The van der Waals surface area contributed by atoms with Gasteiger partial charge in [0.05, 0.1) is 5.69 Å². The number of hydrogen-bond acceptors (Lipinski definition) is 2. The first-order chi connectivity index (χ1) is 11.1. The molecule has 0 aliphatic rings. The van der Waals surface area contributed by atoms with Gasteiger partial charge in [0, 0.05) is 5.56 Å². The highest BCUT2D eigenvalue weighted by atomic mass is 16.3. The molecule has 2 aromatic carbocycles. The molecule has 3 nitrogen and oxygen atoms in total. The Morgan fingerprint density at radius 3 is 2.43 bits per heavy atom. The summed E-state index contributed by atoms with van der Waals surface area (Å²) in [6, 6.07) is 18.1. The molecule has 0 bridgehead atoms. The minimum Gasteiger partial charge on any atom is -0.504 e. The molecule has 1 aromatic heterocycles. The fourth-order valence-electron chi connectivity index (χ4n) is 2.78. The summed E-state index contributed by atoms with van der Waals surface area (Å²) in [4.78, 5) is 0. The summed E-state index contributed by atoms with van der Waals surface area (Å²) in [6.07, 6.45) is 0.754. The van der Waals surface area contributed by atoms with E-state index in [1.165, 1.54) is 5.56 Å². The van der Waals surface area contributed by atoms with Gasteiger partial charge >= 0.3 is 0 Å². The van der Waals surface area contributed by atoms with E-state index in [1.54, 1.807) is 0 Å². The number of hydrogen-bond donors (Lipinski definition) is 1. The van der Waals surface area contributed by atoms with Gasteiger partial charge in [-0.1, -0.05) is 56.3 Å². The van der Waals surface area contributed by atoms with E-state index in [4.69, 9.17) is 5.10 Å². The lowest BCUT2D eigenvalue weighted by atomic mass is 10.1. The maximum atomic E-state index is 10.8. The number of aryl methyl sites for hydroxylation is 1. The predicted molar refractivity (Wildman–Crippen MR) is 93.9 cm³/mol. The Morgan fingerprint density at radius 2 is 1.78 bits per heavy atom. The summed E-state index contributed by atoms with van der Waals surface area (Å²) in [5, 5.41) is 15.5.